The van der Waals surface area contributed by atoms with Gasteiger partial charge >= 0.3 is 5.97 Å². The molecule has 0 aliphatic carbocycles. The highest BCUT2D eigenvalue weighted by Gasteiger charge is 2.36. The van der Waals surface area contributed by atoms with Gasteiger partial charge in [0.05, 0.1) is 18.5 Å². The van der Waals surface area contributed by atoms with Gasteiger partial charge in [-0.3, -0.25) is 38.4 Å². The van der Waals surface area contributed by atoms with Crippen molar-refractivity contribution in [3.8, 4) is 5.75 Å². The summed E-state index contributed by atoms with van der Waals surface area (Å²) in [6, 6.07) is 5.49. The first-order chi connectivity index (χ1) is 29.4. The van der Waals surface area contributed by atoms with Crippen molar-refractivity contribution in [2.45, 2.75) is 121 Å². The van der Waals surface area contributed by atoms with Gasteiger partial charge in [0.15, 0.2) is 0 Å². The van der Waals surface area contributed by atoms with E-state index in [-0.39, 0.29) is 50.8 Å². The molecule has 62 heavy (non-hydrogen) atoms. The molecular formula is C43H60N8O11. The first kappa shape index (κ1) is 50.0. The number of phenolic OH excluding ortho intramolecular Hbond substituents is 1. The lowest BCUT2D eigenvalue weighted by atomic mass is 9.98. The molecule has 0 unspecified atom stereocenters. The van der Waals surface area contributed by atoms with Crippen LogP contribution in [0.4, 0.5) is 0 Å². The molecule has 2 aromatic carbocycles. The van der Waals surface area contributed by atoms with E-state index in [2.05, 4.69) is 37.2 Å². The van der Waals surface area contributed by atoms with Gasteiger partial charge in [-0.15, -0.1) is 0 Å². The third kappa shape index (κ3) is 16.6. The number of rotatable bonds is 11. The molecule has 19 heteroatoms. The monoisotopic (exact) mass is 864 g/mol. The second-order valence-corrected chi connectivity index (χ2v) is 16.0. The minimum atomic E-state index is -1.74. The molecule has 1 fully saturated rings. The molecule has 1 aliphatic heterocycles. The fourth-order valence-corrected chi connectivity index (χ4v) is 6.60. The normalized spacial score (nSPS) is 23.6. The molecular weight excluding hydrogens is 805 g/mol. The Kier molecular flexibility index (Phi) is 20.0. The van der Waals surface area contributed by atoms with Crippen molar-refractivity contribution in [1.82, 2.24) is 37.2 Å². The van der Waals surface area contributed by atoms with Crippen LogP contribution in [0.1, 0.15) is 77.3 Å². The molecule has 1 heterocycles. The van der Waals surface area contributed by atoms with Gasteiger partial charge < -0.3 is 58.0 Å². The average molecular weight is 865 g/mol. The largest absolute Gasteiger partial charge is 0.508 e. The zero-order valence-electron chi connectivity index (χ0n) is 35.5. The highest BCUT2D eigenvalue weighted by Crippen LogP contribution is 2.13. The zero-order chi connectivity index (χ0) is 45.9. The van der Waals surface area contributed by atoms with E-state index < -0.39 is 108 Å². The Morgan fingerprint density at radius 3 is 1.92 bits per heavy atom. The quantitative estimate of drug-likeness (QED) is 0.128. The van der Waals surface area contributed by atoms with Crippen LogP contribution in [0.15, 0.2) is 54.6 Å². The second kappa shape index (κ2) is 24.8. The van der Waals surface area contributed by atoms with Crippen LogP contribution in [0.25, 0.3) is 0 Å². The summed E-state index contributed by atoms with van der Waals surface area (Å²) in [5.41, 5.74) is 7.46. The van der Waals surface area contributed by atoms with Crippen molar-refractivity contribution in [1.29, 1.82) is 0 Å². The Balaban J connectivity index is 2.00. The van der Waals surface area contributed by atoms with E-state index in [4.69, 9.17) is 5.73 Å². The number of aromatic hydroxyl groups is 1. The molecule has 0 bridgehead atoms. The van der Waals surface area contributed by atoms with E-state index in [1.165, 1.54) is 12.1 Å². The number of benzene rings is 2. The predicted molar refractivity (Wildman–Crippen MR) is 226 cm³/mol. The Morgan fingerprint density at radius 1 is 0.742 bits per heavy atom. The summed E-state index contributed by atoms with van der Waals surface area (Å²) in [4.78, 5) is 119. The lowest BCUT2D eigenvalue weighted by molar-refractivity contribution is -0.141. The minimum absolute atomic E-state index is 0.0225. The smallest absolute Gasteiger partial charge is 0.305 e. The van der Waals surface area contributed by atoms with E-state index in [9.17, 15) is 53.4 Å². The lowest BCUT2D eigenvalue weighted by Gasteiger charge is -2.29. The standard InChI is InChI=1S/C43H60N8O11/c1-24(2)36-42(61)46-28(23-52)15-18-34(54)45-19-9-8-12-31(47-38(57)30(44)20-27-13-16-29(53)17-14-27)39(58)48-32(21-26-10-6-5-7-11-26)40(59)49-33(22-35(55)56)41(60)50-37(25(3)4)43(62)51-36/h5-7,10-11,13-14,16-17,23-25,28,30-33,36-37,53H,8-9,12,15,18-22,44H2,1-4H3,(H,45,54)(H,46,61)(H,47,57)(H,48,58)(H,49,59)(H,50,60)(H,51,62)(H,55,56)/t28-,30-,31+,32-,33-,36-,37-/m0/s1. The van der Waals surface area contributed by atoms with Crippen LogP contribution in [-0.2, 0) is 56.0 Å². The number of hydrogen-bond donors (Lipinski definition) is 10. The molecule has 7 amide bonds. The van der Waals surface area contributed by atoms with Gasteiger partial charge in [-0.2, -0.15) is 0 Å². The Bertz CT molecular complexity index is 1880. The van der Waals surface area contributed by atoms with E-state index in [1.807, 2.05) is 0 Å². The van der Waals surface area contributed by atoms with Crippen LogP contribution in [0, 0.1) is 11.8 Å². The summed E-state index contributed by atoms with van der Waals surface area (Å²) in [5.74, 6) is -7.93. The third-order valence-corrected chi connectivity index (χ3v) is 10.2. The number of aldehydes is 1. The number of carboxylic acid groups (broad SMARTS) is 1. The average Bonchev–Trinajstić information content (AvgIpc) is 3.22. The molecule has 0 saturated carbocycles. The van der Waals surface area contributed by atoms with Gasteiger partial charge in [-0.25, -0.2) is 0 Å². The van der Waals surface area contributed by atoms with Gasteiger partial charge in [-0.1, -0.05) is 70.2 Å². The number of nitrogens with two attached hydrogens (primary N) is 1. The van der Waals surface area contributed by atoms with Gasteiger partial charge in [0.1, 0.15) is 42.2 Å². The summed E-state index contributed by atoms with van der Waals surface area (Å²) in [7, 11) is 0. The molecule has 1 saturated heterocycles. The van der Waals surface area contributed by atoms with Crippen molar-refractivity contribution in [2.75, 3.05) is 6.54 Å². The van der Waals surface area contributed by atoms with Crippen molar-refractivity contribution in [2.24, 2.45) is 17.6 Å². The summed E-state index contributed by atoms with van der Waals surface area (Å²) < 4.78 is 0. The number of carboxylic acids is 1. The molecule has 0 radical (unpaired) electrons. The van der Waals surface area contributed by atoms with E-state index in [0.29, 0.717) is 23.8 Å². The molecule has 19 nitrogen and oxygen atoms in total. The fourth-order valence-electron chi connectivity index (χ4n) is 6.60. The topological polar surface area (TPSA) is 304 Å². The van der Waals surface area contributed by atoms with Crippen molar-refractivity contribution in [3.63, 3.8) is 0 Å². The van der Waals surface area contributed by atoms with E-state index >= 15 is 0 Å². The van der Waals surface area contributed by atoms with Crippen LogP contribution in [-0.4, -0.2) is 113 Å². The van der Waals surface area contributed by atoms with Crippen LogP contribution in [0.3, 0.4) is 0 Å². The molecule has 1 aliphatic rings. The third-order valence-electron chi connectivity index (χ3n) is 10.2. The van der Waals surface area contributed by atoms with Crippen molar-refractivity contribution in [3.05, 3.63) is 65.7 Å². The van der Waals surface area contributed by atoms with Gasteiger partial charge in [0.25, 0.3) is 0 Å². The Morgan fingerprint density at radius 2 is 1.32 bits per heavy atom. The van der Waals surface area contributed by atoms with Crippen LogP contribution >= 0.6 is 0 Å². The SMILES string of the molecule is CC(C)[C@@H]1NC(=O)[C@H](CC(=O)O)NC(=O)[C@H](Cc2ccccc2)NC(=O)[C@H](NC(=O)[C@@H](N)Cc2ccc(O)cc2)CCCCNC(=O)CC[C@@H](C=O)NC(=O)[C@H](C(C)C)NC1=O. The Hall–Kier alpha value is -6.37. The highest BCUT2D eigenvalue weighted by molar-refractivity contribution is 5.98. The first-order valence-corrected chi connectivity index (χ1v) is 20.7. The molecule has 0 spiro atoms. The maximum Gasteiger partial charge on any atom is 0.305 e. The number of phenols is 1. The fraction of sp³-hybridized carbons (Fsp3) is 0.512. The number of carbonyl (C=O) groups is 9. The maximum atomic E-state index is 14.1. The predicted octanol–water partition coefficient (Wildman–Crippen LogP) is -0.521. The van der Waals surface area contributed by atoms with Gasteiger partial charge in [0, 0.05) is 19.4 Å². The van der Waals surface area contributed by atoms with Crippen LogP contribution in [0.5, 0.6) is 5.75 Å². The van der Waals surface area contributed by atoms with Gasteiger partial charge in [0.2, 0.25) is 41.4 Å². The number of hydrogen-bond acceptors (Lipinski definition) is 11. The zero-order valence-corrected chi connectivity index (χ0v) is 35.5. The van der Waals surface area contributed by atoms with Crippen molar-refractivity contribution >= 4 is 53.6 Å². The molecule has 11 N–H and O–H groups in total. The first-order valence-electron chi connectivity index (χ1n) is 20.7. The van der Waals surface area contributed by atoms with Crippen LogP contribution in [0.2, 0.25) is 0 Å². The minimum Gasteiger partial charge on any atom is -0.508 e. The summed E-state index contributed by atoms with van der Waals surface area (Å²) in [6.45, 7) is 6.66. The highest BCUT2D eigenvalue weighted by atomic mass is 16.4. The lowest BCUT2D eigenvalue weighted by Crippen LogP contribution is -2.61. The number of nitrogens with one attached hydrogen (secondary N) is 7. The molecule has 338 valence electrons. The van der Waals surface area contributed by atoms with Crippen molar-refractivity contribution < 1.29 is 53.4 Å². The molecule has 0 aromatic heterocycles. The summed E-state index contributed by atoms with van der Waals surface area (Å²) in [5, 5.41) is 37.6. The van der Waals surface area contributed by atoms with E-state index in [0.717, 1.165) is 0 Å². The van der Waals surface area contributed by atoms with Crippen LogP contribution < -0.4 is 43.0 Å². The second-order valence-electron chi connectivity index (χ2n) is 16.0. The number of aliphatic carboxylic acids is 1. The number of carbonyl (C=O) groups excluding carboxylic acids is 8. The van der Waals surface area contributed by atoms with Gasteiger partial charge in [-0.05, 0) is 67.2 Å². The maximum absolute atomic E-state index is 14.1. The molecule has 2 aromatic rings. The Labute approximate surface area is 360 Å². The molecule has 3 rings (SSSR count). The number of amides is 7. The summed E-state index contributed by atoms with van der Waals surface area (Å²) >= 11 is 0. The van der Waals surface area contributed by atoms with E-state index in [1.54, 1.807) is 70.2 Å². The molecule has 7 atom stereocenters. The summed E-state index contributed by atoms with van der Waals surface area (Å²) in [6.07, 6.45) is -0.0235.